The summed E-state index contributed by atoms with van der Waals surface area (Å²) < 4.78 is 1.80. The van der Waals surface area contributed by atoms with Gasteiger partial charge in [-0.15, -0.1) is 0 Å². The molecule has 3 heterocycles. The molecule has 1 atom stereocenters. The van der Waals surface area contributed by atoms with E-state index < -0.39 is 0 Å². The highest BCUT2D eigenvalue weighted by molar-refractivity contribution is 6.08. The molecule has 0 saturated carbocycles. The molecule has 7 nitrogen and oxygen atoms in total. The van der Waals surface area contributed by atoms with Crippen LogP contribution in [0, 0.1) is 6.92 Å². The maximum Gasteiger partial charge on any atom is 0.263 e. The van der Waals surface area contributed by atoms with Gasteiger partial charge in [-0.25, -0.2) is 0 Å². The van der Waals surface area contributed by atoms with Crippen LogP contribution >= 0.6 is 0 Å². The summed E-state index contributed by atoms with van der Waals surface area (Å²) in [7, 11) is 0. The van der Waals surface area contributed by atoms with E-state index in [-0.39, 0.29) is 17.5 Å². The summed E-state index contributed by atoms with van der Waals surface area (Å²) in [5.41, 5.74) is 4.20. The number of nitrogens with one attached hydrogen (secondary N) is 1. The molecule has 0 spiro atoms. The number of hydrogen-bond donors (Lipinski definition) is 1. The Morgan fingerprint density at radius 3 is 2.09 bits per heavy atom. The molecule has 1 aromatic heterocycles. The van der Waals surface area contributed by atoms with Gasteiger partial charge in [-0.05, 0) is 68.6 Å². The first-order chi connectivity index (χ1) is 21.5. The summed E-state index contributed by atoms with van der Waals surface area (Å²) in [6.07, 6.45) is 3.41. The lowest BCUT2D eigenvalue weighted by molar-refractivity contribution is 0.0929. The minimum Gasteiger partial charge on any atom is -0.345 e. The zero-order valence-corrected chi connectivity index (χ0v) is 26.2. The predicted molar refractivity (Wildman–Crippen MR) is 179 cm³/mol. The van der Waals surface area contributed by atoms with Crippen molar-refractivity contribution in [3.8, 4) is 5.69 Å². The van der Waals surface area contributed by atoms with Crippen molar-refractivity contribution in [2.24, 2.45) is 0 Å². The number of hydrogen-bond acceptors (Lipinski definition) is 5. The Labute approximate surface area is 261 Å². The van der Waals surface area contributed by atoms with E-state index in [9.17, 15) is 9.59 Å². The molecule has 0 unspecified atom stereocenters. The van der Waals surface area contributed by atoms with Gasteiger partial charge in [-0.1, -0.05) is 67.6 Å². The van der Waals surface area contributed by atoms with Crippen LogP contribution in [0.5, 0.6) is 0 Å². The fraction of sp³-hybridized carbons (Fsp3) is 0.405. The van der Waals surface area contributed by atoms with Crippen LogP contribution in [-0.4, -0.2) is 77.5 Å². The van der Waals surface area contributed by atoms with Crippen molar-refractivity contribution in [1.82, 2.24) is 24.6 Å². The summed E-state index contributed by atoms with van der Waals surface area (Å²) in [4.78, 5) is 36.2. The van der Waals surface area contributed by atoms with Gasteiger partial charge in [0.25, 0.3) is 11.5 Å². The van der Waals surface area contributed by atoms with Crippen LogP contribution in [0.3, 0.4) is 0 Å². The van der Waals surface area contributed by atoms with Crippen LogP contribution in [0.15, 0.2) is 83.7 Å². The summed E-state index contributed by atoms with van der Waals surface area (Å²) >= 11 is 0. The highest BCUT2D eigenvalue weighted by Crippen LogP contribution is 2.26. The lowest BCUT2D eigenvalue weighted by Gasteiger charge is -2.36. The van der Waals surface area contributed by atoms with Gasteiger partial charge in [-0.3, -0.25) is 24.0 Å². The van der Waals surface area contributed by atoms with E-state index in [0.717, 1.165) is 68.2 Å². The van der Waals surface area contributed by atoms with Crippen LogP contribution < -0.4 is 10.9 Å². The molecule has 2 aliphatic rings. The van der Waals surface area contributed by atoms with Crippen LogP contribution in [0.1, 0.15) is 59.4 Å². The van der Waals surface area contributed by atoms with Gasteiger partial charge in [0.05, 0.1) is 17.3 Å². The molecular weight excluding hydrogens is 546 g/mol. The molecule has 7 heteroatoms. The van der Waals surface area contributed by atoms with Crippen molar-refractivity contribution in [3.63, 3.8) is 0 Å². The topological polar surface area (TPSA) is 60.8 Å². The Morgan fingerprint density at radius 2 is 1.41 bits per heavy atom. The van der Waals surface area contributed by atoms with Crippen LogP contribution in [0.4, 0.5) is 0 Å². The molecule has 0 aliphatic carbocycles. The SMILES string of the molecule is CC[C@H](NC(=O)c1c(CN2CCN(CCN3CCCC3)CC2)n(-c2cccc(C)c2)c(=O)c2ccccc12)c1ccccc1. The third-order valence-electron chi connectivity index (χ3n) is 9.36. The number of carbonyl (C=O) groups is 1. The van der Waals surface area contributed by atoms with E-state index in [2.05, 4.69) is 39.1 Å². The molecule has 4 aromatic rings. The fourth-order valence-corrected chi connectivity index (χ4v) is 6.85. The number of aryl methyl sites for hydroxylation is 1. The fourth-order valence-electron chi connectivity index (χ4n) is 6.85. The molecule has 1 N–H and O–H groups in total. The minimum absolute atomic E-state index is 0.0860. The van der Waals surface area contributed by atoms with Gasteiger partial charge in [0.15, 0.2) is 0 Å². The Hall–Kier alpha value is -3.78. The molecule has 1 amide bonds. The number of nitrogens with zero attached hydrogens (tertiary/aromatic N) is 4. The maximum absolute atomic E-state index is 14.4. The summed E-state index contributed by atoms with van der Waals surface area (Å²) in [6.45, 7) is 13.1. The number of likely N-dealkylation sites (tertiary alicyclic amines) is 1. The molecule has 0 radical (unpaired) electrons. The number of piperazine rings is 1. The van der Waals surface area contributed by atoms with Crippen molar-refractivity contribution in [2.75, 3.05) is 52.4 Å². The molecular formula is C37H45N5O2. The van der Waals surface area contributed by atoms with Gasteiger partial charge in [0, 0.05) is 62.3 Å². The second kappa shape index (κ2) is 13.9. The molecule has 6 rings (SSSR count). The summed E-state index contributed by atoms with van der Waals surface area (Å²) in [5.74, 6) is -0.141. The lowest BCUT2D eigenvalue weighted by Crippen LogP contribution is -2.48. The Balaban J connectivity index is 1.37. The monoisotopic (exact) mass is 591 g/mol. The second-order valence-corrected chi connectivity index (χ2v) is 12.4. The molecule has 2 aliphatic heterocycles. The van der Waals surface area contributed by atoms with Gasteiger partial charge >= 0.3 is 0 Å². The van der Waals surface area contributed by atoms with Gasteiger partial charge in [0.1, 0.15) is 0 Å². The van der Waals surface area contributed by atoms with Crippen LogP contribution in [0.25, 0.3) is 16.5 Å². The summed E-state index contributed by atoms with van der Waals surface area (Å²) in [5, 5.41) is 4.61. The number of carbonyl (C=O) groups excluding carboxylic acids is 1. The Morgan fingerprint density at radius 1 is 0.773 bits per heavy atom. The molecule has 2 saturated heterocycles. The molecule has 44 heavy (non-hydrogen) atoms. The highest BCUT2D eigenvalue weighted by atomic mass is 16.2. The Bertz CT molecular complexity index is 1640. The number of pyridine rings is 1. The first kappa shape index (κ1) is 30.3. The Kier molecular flexibility index (Phi) is 9.55. The zero-order chi connectivity index (χ0) is 30.5. The van der Waals surface area contributed by atoms with E-state index in [0.29, 0.717) is 22.9 Å². The molecule has 2 fully saturated rings. The van der Waals surface area contributed by atoms with Crippen LogP contribution in [-0.2, 0) is 6.54 Å². The number of rotatable bonds is 10. The quantitative estimate of drug-likeness (QED) is 0.268. The molecule has 230 valence electrons. The zero-order valence-electron chi connectivity index (χ0n) is 26.2. The van der Waals surface area contributed by atoms with Crippen molar-refractivity contribution in [1.29, 1.82) is 0 Å². The number of fused-ring (bicyclic) bond motifs is 1. The number of benzene rings is 3. The third-order valence-corrected chi connectivity index (χ3v) is 9.36. The first-order valence-corrected chi connectivity index (χ1v) is 16.3. The largest absolute Gasteiger partial charge is 0.345 e. The van der Waals surface area contributed by atoms with E-state index in [1.165, 1.54) is 25.9 Å². The molecule has 0 bridgehead atoms. The van der Waals surface area contributed by atoms with E-state index in [1.54, 1.807) is 4.57 Å². The normalized spacial score (nSPS) is 17.2. The maximum atomic E-state index is 14.4. The summed E-state index contributed by atoms with van der Waals surface area (Å²) in [6, 6.07) is 25.6. The van der Waals surface area contributed by atoms with E-state index in [4.69, 9.17) is 0 Å². The van der Waals surface area contributed by atoms with Crippen molar-refractivity contribution in [3.05, 3.63) is 112 Å². The van der Waals surface area contributed by atoms with Crippen molar-refractivity contribution in [2.45, 2.75) is 45.7 Å². The van der Waals surface area contributed by atoms with Crippen molar-refractivity contribution < 1.29 is 4.79 Å². The van der Waals surface area contributed by atoms with E-state index in [1.807, 2.05) is 73.7 Å². The average Bonchev–Trinajstić information content (AvgIpc) is 3.58. The lowest BCUT2D eigenvalue weighted by atomic mass is 9.99. The van der Waals surface area contributed by atoms with Crippen LogP contribution in [0.2, 0.25) is 0 Å². The van der Waals surface area contributed by atoms with Crippen molar-refractivity contribution >= 4 is 16.7 Å². The number of amides is 1. The highest BCUT2D eigenvalue weighted by Gasteiger charge is 2.27. The standard InChI is InChI=1S/C37H45N5O2/c1-3-33(29-13-5-4-6-14-29)38-36(43)35-31-16-7-8-17-32(31)37(44)42(30-15-11-12-28(2)26-30)34(35)27-41-24-22-40(23-25-41)21-20-39-18-9-10-19-39/h4-8,11-17,26,33H,3,9-10,18-25,27H2,1-2H3,(H,38,43)/t33-/m0/s1. The third kappa shape index (κ3) is 6.65. The first-order valence-electron chi connectivity index (χ1n) is 16.3. The second-order valence-electron chi connectivity index (χ2n) is 12.4. The van der Waals surface area contributed by atoms with Gasteiger partial charge in [0.2, 0.25) is 0 Å². The predicted octanol–water partition coefficient (Wildman–Crippen LogP) is 5.39. The van der Waals surface area contributed by atoms with Gasteiger partial charge < -0.3 is 10.2 Å². The minimum atomic E-state index is -0.141. The number of aromatic nitrogens is 1. The smallest absolute Gasteiger partial charge is 0.263 e. The van der Waals surface area contributed by atoms with E-state index >= 15 is 0 Å². The van der Waals surface area contributed by atoms with Gasteiger partial charge in [-0.2, -0.15) is 0 Å². The average molecular weight is 592 g/mol. The molecule has 3 aromatic carbocycles.